The molecule has 4 fully saturated rings. The molecule has 3 heteroatoms. The van der Waals surface area contributed by atoms with E-state index < -0.39 is 0 Å². The number of halogens is 1. The van der Waals surface area contributed by atoms with Crippen molar-refractivity contribution in [3.63, 3.8) is 0 Å². The van der Waals surface area contributed by atoms with Crippen LogP contribution in [0.25, 0.3) is 0 Å². The van der Waals surface area contributed by atoms with E-state index in [1.54, 1.807) is 0 Å². The van der Waals surface area contributed by atoms with E-state index in [-0.39, 0.29) is 0 Å². The molecule has 20 heavy (non-hydrogen) atoms. The fourth-order valence-corrected chi connectivity index (χ4v) is 6.59. The van der Waals surface area contributed by atoms with Gasteiger partial charge in [-0.05, 0) is 26.3 Å². The Morgan fingerprint density at radius 3 is 2.40 bits per heavy atom. The van der Waals surface area contributed by atoms with E-state index in [2.05, 4.69) is 54.0 Å². The molecule has 1 N–H and O–H groups in total. The maximum atomic E-state index is 3.75. The SMILES string of the molecule is C[C@]12C[NH+]3C[C@](C)(C1)C[N+](Cc1ccccc1Br)(C3)C2. The van der Waals surface area contributed by atoms with E-state index >= 15 is 0 Å². The summed E-state index contributed by atoms with van der Waals surface area (Å²) in [5.41, 5.74) is 2.63. The van der Waals surface area contributed by atoms with Gasteiger partial charge in [0.1, 0.15) is 6.54 Å². The van der Waals surface area contributed by atoms with Gasteiger partial charge in [-0.3, -0.25) is 9.38 Å². The molecule has 4 aliphatic heterocycles. The molecule has 0 aromatic heterocycles. The molecule has 4 saturated heterocycles. The summed E-state index contributed by atoms with van der Waals surface area (Å²) in [6, 6.07) is 8.80. The third kappa shape index (κ3) is 2.06. The van der Waals surface area contributed by atoms with Crippen LogP contribution >= 0.6 is 15.9 Å². The fourth-order valence-electron chi connectivity index (χ4n) is 6.18. The molecule has 0 spiro atoms. The van der Waals surface area contributed by atoms with Crippen LogP contribution in [-0.4, -0.2) is 37.3 Å². The van der Waals surface area contributed by atoms with Crippen molar-refractivity contribution in [2.45, 2.75) is 26.8 Å². The summed E-state index contributed by atoms with van der Waals surface area (Å²) in [5.74, 6) is 0. The van der Waals surface area contributed by atoms with Gasteiger partial charge < -0.3 is 0 Å². The highest BCUT2D eigenvalue weighted by molar-refractivity contribution is 9.10. The van der Waals surface area contributed by atoms with Gasteiger partial charge in [0.05, 0.1) is 37.0 Å². The lowest BCUT2D eigenvalue weighted by molar-refractivity contribution is -1.15. The molecule has 0 aliphatic carbocycles. The van der Waals surface area contributed by atoms with Gasteiger partial charge >= 0.3 is 0 Å². The fraction of sp³-hybridized carbons (Fsp3) is 0.647. The number of piperidine rings is 2. The molecule has 4 atom stereocenters. The molecule has 4 bridgehead atoms. The number of hydrogen-bond acceptors (Lipinski definition) is 0. The average Bonchev–Trinajstić information content (AvgIpc) is 2.27. The Kier molecular flexibility index (Phi) is 2.72. The summed E-state index contributed by atoms with van der Waals surface area (Å²) >= 11 is 3.75. The Hall–Kier alpha value is -0.380. The van der Waals surface area contributed by atoms with E-state index in [4.69, 9.17) is 0 Å². The quantitative estimate of drug-likeness (QED) is 0.788. The second-order valence-corrected chi connectivity index (χ2v) is 9.32. The van der Waals surface area contributed by atoms with Gasteiger partial charge in [0.2, 0.25) is 6.67 Å². The number of quaternary nitrogens is 2. The zero-order valence-corrected chi connectivity index (χ0v) is 14.2. The van der Waals surface area contributed by atoms with E-state index in [9.17, 15) is 0 Å². The summed E-state index contributed by atoms with van der Waals surface area (Å²) in [7, 11) is 0. The van der Waals surface area contributed by atoms with Gasteiger partial charge in [-0.1, -0.05) is 34.1 Å². The maximum absolute atomic E-state index is 3.75. The minimum absolute atomic E-state index is 0.570. The standard InChI is InChI=1S/C17H24BrN2/c1-16-8-17(2)10-19(9-16)13-20(11-16,12-17)7-14-5-3-4-6-15(14)18/h3-6H,7-13H2,1-2H3/q+1/p+1/t16-,17+,20?. The van der Waals surface area contributed by atoms with Crippen LogP contribution in [0.4, 0.5) is 0 Å². The van der Waals surface area contributed by atoms with Crippen LogP contribution in [0.2, 0.25) is 0 Å². The number of rotatable bonds is 2. The Bertz CT molecular complexity index is 538. The highest BCUT2D eigenvalue weighted by atomic mass is 79.9. The summed E-state index contributed by atoms with van der Waals surface area (Å²) in [5, 5.41) is 0. The molecular formula is C17H25BrN2+2. The zero-order chi connectivity index (χ0) is 14.0. The number of benzene rings is 1. The first kappa shape index (κ1) is 13.3. The average molecular weight is 337 g/mol. The van der Waals surface area contributed by atoms with Crippen LogP contribution in [0.5, 0.6) is 0 Å². The Morgan fingerprint density at radius 2 is 1.80 bits per heavy atom. The monoisotopic (exact) mass is 336 g/mol. The lowest BCUT2D eigenvalue weighted by Gasteiger charge is -2.63. The Labute approximate surface area is 130 Å². The normalized spacial score (nSPS) is 45.9. The lowest BCUT2D eigenvalue weighted by Crippen LogP contribution is -3.22. The van der Waals surface area contributed by atoms with E-state index in [1.165, 1.54) is 60.3 Å². The highest BCUT2D eigenvalue weighted by Gasteiger charge is 2.63. The van der Waals surface area contributed by atoms with Crippen LogP contribution in [0, 0.1) is 10.8 Å². The first-order valence-corrected chi connectivity index (χ1v) is 8.61. The van der Waals surface area contributed by atoms with Crippen molar-refractivity contribution < 1.29 is 9.38 Å². The van der Waals surface area contributed by atoms with Gasteiger partial charge in [0, 0.05) is 10.0 Å². The second kappa shape index (κ2) is 4.08. The second-order valence-electron chi connectivity index (χ2n) is 8.47. The van der Waals surface area contributed by atoms with Crippen molar-refractivity contribution in [1.82, 2.24) is 0 Å². The molecule has 2 unspecified atom stereocenters. The molecular weight excluding hydrogens is 312 g/mol. The van der Waals surface area contributed by atoms with Crippen molar-refractivity contribution in [1.29, 1.82) is 0 Å². The molecule has 108 valence electrons. The first-order valence-electron chi connectivity index (χ1n) is 7.82. The van der Waals surface area contributed by atoms with Crippen LogP contribution in [0.15, 0.2) is 28.7 Å². The highest BCUT2D eigenvalue weighted by Crippen LogP contribution is 2.47. The third-order valence-corrected chi connectivity index (χ3v) is 6.44. The minimum atomic E-state index is 0.570. The van der Waals surface area contributed by atoms with Gasteiger partial charge in [-0.2, -0.15) is 0 Å². The largest absolute Gasteiger partial charge is 0.287 e. The zero-order valence-electron chi connectivity index (χ0n) is 12.6. The molecule has 1 aromatic carbocycles. The predicted octanol–water partition coefficient (Wildman–Crippen LogP) is 2.05. The number of nitrogens with one attached hydrogen (secondary N) is 1. The molecule has 4 aliphatic rings. The predicted molar refractivity (Wildman–Crippen MR) is 84.2 cm³/mol. The molecule has 1 aromatic rings. The molecule has 0 amide bonds. The van der Waals surface area contributed by atoms with Gasteiger partial charge in [0.15, 0.2) is 0 Å². The minimum Gasteiger partial charge on any atom is -0.287 e. The molecule has 0 radical (unpaired) electrons. The van der Waals surface area contributed by atoms with Crippen molar-refractivity contribution in [2.75, 3.05) is 32.8 Å². The van der Waals surface area contributed by atoms with Crippen molar-refractivity contribution >= 4 is 15.9 Å². The van der Waals surface area contributed by atoms with Crippen molar-refractivity contribution in [2.24, 2.45) is 10.8 Å². The van der Waals surface area contributed by atoms with Gasteiger partial charge in [-0.25, -0.2) is 0 Å². The van der Waals surface area contributed by atoms with Crippen LogP contribution in [0.3, 0.4) is 0 Å². The summed E-state index contributed by atoms with van der Waals surface area (Å²) in [6.07, 6.45) is 1.44. The topological polar surface area (TPSA) is 4.44 Å². The summed E-state index contributed by atoms with van der Waals surface area (Å²) < 4.78 is 2.60. The Balaban J connectivity index is 1.69. The third-order valence-electron chi connectivity index (χ3n) is 5.66. The molecule has 0 saturated carbocycles. The van der Waals surface area contributed by atoms with E-state index in [0.29, 0.717) is 10.8 Å². The van der Waals surface area contributed by atoms with Crippen LogP contribution in [-0.2, 0) is 6.54 Å². The van der Waals surface area contributed by atoms with Crippen molar-refractivity contribution in [3.05, 3.63) is 34.3 Å². The van der Waals surface area contributed by atoms with Crippen LogP contribution in [0.1, 0.15) is 25.8 Å². The number of nitrogens with zero attached hydrogens (tertiary/aromatic N) is 1. The van der Waals surface area contributed by atoms with E-state index in [0.717, 1.165) is 0 Å². The summed E-state index contributed by atoms with van der Waals surface area (Å²) in [4.78, 5) is 1.85. The smallest absolute Gasteiger partial charge is 0.206 e. The van der Waals surface area contributed by atoms with Gasteiger partial charge in [0.25, 0.3) is 0 Å². The molecule has 2 nitrogen and oxygen atoms in total. The van der Waals surface area contributed by atoms with Crippen LogP contribution < -0.4 is 4.90 Å². The van der Waals surface area contributed by atoms with E-state index in [1.807, 2.05) is 4.90 Å². The van der Waals surface area contributed by atoms with Crippen molar-refractivity contribution in [3.8, 4) is 0 Å². The first-order chi connectivity index (χ1) is 9.40. The summed E-state index contributed by atoms with van der Waals surface area (Å²) in [6.45, 7) is 13.2. The van der Waals surface area contributed by atoms with Gasteiger partial charge in [-0.15, -0.1) is 0 Å². The molecule has 4 heterocycles. The Morgan fingerprint density at radius 1 is 1.15 bits per heavy atom. The maximum Gasteiger partial charge on any atom is 0.206 e. The lowest BCUT2D eigenvalue weighted by atomic mass is 9.63. The molecule has 5 rings (SSSR count). The number of hydrogen-bond donors (Lipinski definition) is 1.